The van der Waals surface area contributed by atoms with E-state index < -0.39 is 0 Å². The van der Waals surface area contributed by atoms with Gasteiger partial charge < -0.3 is 0 Å². The summed E-state index contributed by atoms with van der Waals surface area (Å²) in [6.07, 6.45) is 12.6. The normalized spacial score (nSPS) is 29.9. The summed E-state index contributed by atoms with van der Waals surface area (Å²) in [5, 5.41) is 0. The van der Waals surface area contributed by atoms with Gasteiger partial charge in [-0.1, -0.05) is 39.5 Å². The standard InChI is InChI=1S/C17H30O/c1-13(2)15-8-10-16(11-9-15)17(18)12-7-14-5-3-4-6-14/h13-16H,3-12H2,1-2H3. The third-order valence-corrected chi connectivity index (χ3v) is 5.44. The van der Waals surface area contributed by atoms with Gasteiger partial charge in [0.2, 0.25) is 0 Å². The van der Waals surface area contributed by atoms with Gasteiger partial charge in [-0.2, -0.15) is 0 Å². The summed E-state index contributed by atoms with van der Waals surface area (Å²) in [6, 6.07) is 0. The summed E-state index contributed by atoms with van der Waals surface area (Å²) < 4.78 is 0. The lowest BCUT2D eigenvalue weighted by atomic mass is 9.75. The Bertz CT molecular complexity index is 255. The molecular weight excluding hydrogens is 220 g/mol. The van der Waals surface area contributed by atoms with Crippen LogP contribution in [0.4, 0.5) is 0 Å². The van der Waals surface area contributed by atoms with Gasteiger partial charge in [-0.15, -0.1) is 0 Å². The number of carbonyl (C=O) groups is 1. The van der Waals surface area contributed by atoms with Crippen molar-refractivity contribution in [2.75, 3.05) is 0 Å². The van der Waals surface area contributed by atoms with Crippen molar-refractivity contribution in [1.29, 1.82) is 0 Å². The van der Waals surface area contributed by atoms with Crippen molar-refractivity contribution < 1.29 is 4.79 Å². The van der Waals surface area contributed by atoms with Crippen molar-refractivity contribution in [3.8, 4) is 0 Å². The van der Waals surface area contributed by atoms with Gasteiger partial charge in [0.05, 0.1) is 0 Å². The minimum atomic E-state index is 0.418. The van der Waals surface area contributed by atoms with Crippen molar-refractivity contribution in [2.45, 2.75) is 78.1 Å². The van der Waals surface area contributed by atoms with Crippen molar-refractivity contribution in [2.24, 2.45) is 23.7 Å². The second kappa shape index (κ2) is 6.73. The van der Waals surface area contributed by atoms with Crippen LogP contribution in [0.15, 0.2) is 0 Å². The second-order valence-corrected chi connectivity index (χ2v) is 7.01. The van der Waals surface area contributed by atoms with E-state index in [1.165, 1.54) is 57.8 Å². The SMILES string of the molecule is CC(C)C1CCC(C(=O)CCC2CCCC2)CC1. The van der Waals surface area contributed by atoms with Crippen LogP contribution >= 0.6 is 0 Å². The maximum atomic E-state index is 12.2. The fourth-order valence-electron chi connectivity index (χ4n) is 3.96. The molecule has 1 heteroatoms. The van der Waals surface area contributed by atoms with E-state index in [-0.39, 0.29) is 0 Å². The molecule has 2 fully saturated rings. The molecule has 0 unspecified atom stereocenters. The molecule has 0 heterocycles. The Morgan fingerprint density at radius 3 is 2.17 bits per heavy atom. The Balaban J connectivity index is 1.67. The highest BCUT2D eigenvalue weighted by atomic mass is 16.1. The molecule has 2 aliphatic rings. The lowest BCUT2D eigenvalue weighted by Gasteiger charge is -2.30. The number of hydrogen-bond acceptors (Lipinski definition) is 1. The van der Waals surface area contributed by atoms with Gasteiger partial charge >= 0.3 is 0 Å². The molecule has 0 bridgehead atoms. The molecule has 2 aliphatic carbocycles. The molecule has 104 valence electrons. The smallest absolute Gasteiger partial charge is 0.135 e. The van der Waals surface area contributed by atoms with E-state index in [1.807, 2.05) is 0 Å². The molecular formula is C17H30O. The Hall–Kier alpha value is -0.330. The topological polar surface area (TPSA) is 17.1 Å². The van der Waals surface area contributed by atoms with Crippen LogP contribution < -0.4 is 0 Å². The monoisotopic (exact) mass is 250 g/mol. The van der Waals surface area contributed by atoms with Crippen LogP contribution in [0.3, 0.4) is 0 Å². The molecule has 0 saturated heterocycles. The number of rotatable bonds is 5. The Morgan fingerprint density at radius 1 is 1.00 bits per heavy atom. The van der Waals surface area contributed by atoms with E-state index in [0.29, 0.717) is 11.7 Å². The van der Waals surface area contributed by atoms with E-state index in [1.54, 1.807) is 0 Å². The molecule has 0 aromatic carbocycles. The average molecular weight is 250 g/mol. The number of hydrogen-bond donors (Lipinski definition) is 0. The summed E-state index contributed by atoms with van der Waals surface area (Å²) in [6.45, 7) is 4.65. The van der Waals surface area contributed by atoms with Crippen molar-refractivity contribution in [3.05, 3.63) is 0 Å². The third-order valence-electron chi connectivity index (χ3n) is 5.44. The van der Waals surface area contributed by atoms with Crippen molar-refractivity contribution in [3.63, 3.8) is 0 Å². The molecule has 1 nitrogen and oxygen atoms in total. The first-order valence-corrected chi connectivity index (χ1v) is 8.19. The summed E-state index contributed by atoms with van der Waals surface area (Å²) >= 11 is 0. The van der Waals surface area contributed by atoms with Crippen LogP contribution in [-0.2, 0) is 4.79 Å². The first-order chi connectivity index (χ1) is 8.66. The Kier molecular flexibility index (Phi) is 5.26. The fourth-order valence-corrected chi connectivity index (χ4v) is 3.96. The van der Waals surface area contributed by atoms with Gasteiger partial charge in [0.1, 0.15) is 5.78 Å². The maximum absolute atomic E-state index is 12.2. The highest BCUT2D eigenvalue weighted by Crippen LogP contribution is 2.35. The molecule has 2 rings (SSSR count). The molecule has 0 aromatic rings. The molecule has 0 radical (unpaired) electrons. The Labute approximate surface area is 113 Å². The zero-order valence-corrected chi connectivity index (χ0v) is 12.3. The molecule has 0 N–H and O–H groups in total. The summed E-state index contributed by atoms with van der Waals surface area (Å²) in [7, 11) is 0. The predicted octanol–water partition coefficient (Wildman–Crippen LogP) is 4.99. The quantitative estimate of drug-likeness (QED) is 0.672. The molecule has 2 saturated carbocycles. The summed E-state index contributed by atoms with van der Waals surface area (Å²) in [4.78, 5) is 12.2. The van der Waals surface area contributed by atoms with Gasteiger partial charge in [0, 0.05) is 12.3 Å². The highest BCUT2D eigenvalue weighted by molar-refractivity contribution is 5.81. The molecule has 0 atom stereocenters. The van der Waals surface area contributed by atoms with Crippen LogP contribution in [0.25, 0.3) is 0 Å². The minimum absolute atomic E-state index is 0.418. The largest absolute Gasteiger partial charge is 0.299 e. The number of ketones is 1. The summed E-state index contributed by atoms with van der Waals surface area (Å²) in [5.41, 5.74) is 0. The lowest BCUT2D eigenvalue weighted by Crippen LogP contribution is -2.24. The molecule has 0 aliphatic heterocycles. The van der Waals surface area contributed by atoms with Crippen LogP contribution in [0.1, 0.15) is 78.1 Å². The third kappa shape index (κ3) is 3.83. The van der Waals surface area contributed by atoms with Gasteiger partial charge in [-0.25, -0.2) is 0 Å². The summed E-state index contributed by atoms with van der Waals surface area (Å²) in [5.74, 6) is 3.56. The van der Waals surface area contributed by atoms with Gasteiger partial charge in [-0.3, -0.25) is 4.79 Å². The van der Waals surface area contributed by atoms with Gasteiger partial charge in [-0.05, 0) is 49.9 Å². The van der Waals surface area contributed by atoms with E-state index in [0.717, 1.165) is 24.2 Å². The molecule has 0 amide bonds. The highest BCUT2D eigenvalue weighted by Gasteiger charge is 2.27. The average Bonchev–Trinajstić information content (AvgIpc) is 2.89. The molecule has 0 spiro atoms. The number of carbonyl (C=O) groups excluding carboxylic acids is 1. The van der Waals surface area contributed by atoms with Crippen LogP contribution in [0.5, 0.6) is 0 Å². The van der Waals surface area contributed by atoms with E-state index in [2.05, 4.69) is 13.8 Å². The van der Waals surface area contributed by atoms with Gasteiger partial charge in [0.15, 0.2) is 0 Å². The predicted molar refractivity (Wildman–Crippen MR) is 76.5 cm³/mol. The van der Waals surface area contributed by atoms with E-state index in [9.17, 15) is 4.79 Å². The molecule has 0 aromatic heterocycles. The molecule has 18 heavy (non-hydrogen) atoms. The number of Topliss-reactive ketones (excluding diaryl/α,β-unsaturated/α-hetero) is 1. The minimum Gasteiger partial charge on any atom is -0.299 e. The first-order valence-electron chi connectivity index (χ1n) is 8.19. The van der Waals surface area contributed by atoms with E-state index in [4.69, 9.17) is 0 Å². The maximum Gasteiger partial charge on any atom is 0.135 e. The zero-order valence-electron chi connectivity index (χ0n) is 12.3. The second-order valence-electron chi connectivity index (χ2n) is 7.01. The van der Waals surface area contributed by atoms with Crippen LogP contribution in [-0.4, -0.2) is 5.78 Å². The Morgan fingerprint density at radius 2 is 1.61 bits per heavy atom. The zero-order chi connectivity index (χ0) is 13.0. The lowest BCUT2D eigenvalue weighted by molar-refractivity contribution is -0.124. The van der Waals surface area contributed by atoms with E-state index >= 15 is 0 Å². The van der Waals surface area contributed by atoms with Crippen LogP contribution in [0.2, 0.25) is 0 Å². The van der Waals surface area contributed by atoms with Crippen LogP contribution in [0, 0.1) is 23.7 Å². The van der Waals surface area contributed by atoms with Gasteiger partial charge in [0.25, 0.3) is 0 Å². The fraction of sp³-hybridized carbons (Fsp3) is 0.941. The van der Waals surface area contributed by atoms with Crippen molar-refractivity contribution >= 4 is 5.78 Å². The van der Waals surface area contributed by atoms with Crippen molar-refractivity contribution in [1.82, 2.24) is 0 Å². The first kappa shape index (κ1) is 14.1.